The van der Waals surface area contributed by atoms with Crippen LogP contribution in [0.1, 0.15) is 5.56 Å². The molecule has 0 aliphatic carbocycles. The van der Waals surface area contributed by atoms with Crippen LogP contribution in [0.3, 0.4) is 0 Å². The maximum atomic E-state index is 11.6. The number of hydroxylamine groups is 2. The molecule has 0 bridgehead atoms. The summed E-state index contributed by atoms with van der Waals surface area (Å²) in [6.07, 6.45) is 0. The van der Waals surface area contributed by atoms with Crippen molar-refractivity contribution in [3.05, 3.63) is 58.1 Å². The van der Waals surface area contributed by atoms with Crippen LogP contribution in [0.15, 0.2) is 42.5 Å². The lowest BCUT2D eigenvalue weighted by molar-refractivity contribution is -0.0598. The highest BCUT2D eigenvalue weighted by Crippen LogP contribution is 2.23. The van der Waals surface area contributed by atoms with Gasteiger partial charge in [0.25, 0.3) is 0 Å². The molecule has 0 aliphatic heterocycles. The molecule has 0 unspecified atom stereocenters. The standard InChI is InChI=1S/C16H16Cl2N2O3/c1-20(22-2)16(21)19-13-5-7-14(8-6-13)23-10-11-3-4-12(17)9-15(11)18/h3-9H,10H2,1-2H3,(H,19,21). The molecular weight excluding hydrogens is 339 g/mol. The third kappa shape index (κ3) is 5.03. The van der Waals surface area contributed by atoms with Gasteiger partial charge < -0.3 is 10.1 Å². The van der Waals surface area contributed by atoms with Crippen molar-refractivity contribution in [2.45, 2.75) is 6.61 Å². The minimum absolute atomic E-state index is 0.328. The van der Waals surface area contributed by atoms with Crippen LogP contribution in [0.5, 0.6) is 5.75 Å². The first-order valence-corrected chi connectivity index (χ1v) is 7.51. The molecule has 0 spiro atoms. The summed E-state index contributed by atoms with van der Waals surface area (Å²) in [7, 11) is 2.93. The summed E-state index contributed by atoms with van der Waals surface area (Å²) in [4.78, 5) is 16.4. The number of carbonyl (C=O) groups is 1. The Labute approximate surface area is 144 Å². The van der Waals surface area contributed by atoms with Crippen LogP contribution >= 0.6 is 23.2 Å². The Morgan fingerprint density at radius 2 is 1.87 bits per heavy atom. The number of hydrogen-bond acceptors (Lipinski definition) is 3. The number of nitrogens with one attached hydrogen (secondary N) is 1. The van der Waals surface area contributed by atoms with Crippen LogP contribution < -0.4 is 10.1 Å². The molecule has 1 N–H and O–H groups in total. The summed E-state index contributed by atoms with van der Waals surface area (Å²) < 4.78 is 5.67. The van der Waals surface area contributed by atoms with Gasteiger partial charge in [-0.1, -0.05) is 29.3 Å². The SMILES string of the molecule is CON(C)C(=O)Nc1ccc(OCc2ccc(Cl)cc2Cl)cc1. The van der Waals surface area contributed by atoms with Gasteiger partial charge in [0.05, 0.1) is 7.11 Å². The molecule has 0 atom stereocenters. The van der Waals surface area contributed by atoms with E-state index in [1.165, 1.54) is 14.2 Å². The van der Waals surface area contributed by atoms with Gasteiger partial charge in [0, 0.05) is 28.3 Å². The van der Waals surface area contributed by atoms with E-state index >= 15 is 0 Å². The number of amides is 2. The van der Waals surface area contributed by atoms with E-state index in [1.54, 1.807) is 36.4 Å². The Morgan fingerprint density at radius 1 is 1.17 bits per heavy atom. The molecule has 5 nitrogen and oxygen atoms in total. The first-order chi connectivity index (χ1) is 11.0. The van der Waals surface area contributed by atoms with Gasteiger partial charge >= 0.3 is 6.03 Å². The molecule has 0 fully saturated rings. The Hall–Kier alpha value is -1.95. The van der Waals surface area contributed by atoms with E-state index in [4.69, 9.17) is 32.8 Å². The van der Waals surface area contributed by atoms with Crippen molar-refractivity contribution >= 4 is 34.9 Å². The second kappa shape index (κ2) is 8.06. The van der Waals surface area contributed by atoms with Gasteiger partial charge in [-0.05, 0) is 36.4 Å². The summed E-state index contributed by atoms with van der Waals surface area (Å²) >= 11 is 11.9. The largest absolute Gasteiger partial charge is 0.489 e. The van der Waals surface area contributed by atoms with Crippen LogP contribution in [-0.2, 0) is 11.4 Å². The van der Waals surface area contributed by atoms with E-state index in [9.17, 15) is 4.79 Å². The zero-order chi connectivity index (χ0) is 16.8. The van der Waals surface area contributed by atoms with Gasteiger partial charge in [-0.25, -0.2) is 9.86 Å². The lowest BCUT2D eigenvalue weighted by atomic mass is 10.2. The second-order valence-corrected chi connectivity index (χ2v) is 5.50. The molecule has 2 rings (SSSR count). The highest BCUT2D eigenvalue weighted by molar-refractivity contribution is 6.35. The number of carbonyl (C=O) groups excluding carboxylic acids is 1. The number of rotatable bonds is 5. The summed E-state index contributed by atoms with van der Waals surface area (Å²) in [6.45, 7) is 0.328. The second-order valence-electron chi connectivity index (χ2n) is 4.66. The Morgan fingerprint density at radius 3 is 2.48 bits per heavy atom. The molecule has 2 aromatic carbocycles. The normalized spacial score (nSPS) is 10.3. The van der Waals surface area contributed by atoms with Crippen LogP contribution in [-0.4, -0.2) is 25.3 Å². The van der Waals surface area contributed by atoms with Gasteiger partial charge in [-0.2, -0.15) is 0 Å². The third-order valence-corrected chi connectivity index (χ3v) is 3.66. The fourth-order valence-electron chi connectivity index (χ4n) is 1.72. The quantitative estimate of drug-likeness (QED) is 0.798. The summed E-state index contributed by atoms with van der Waals surface area (Å²) in [5, 5.41) is 4.91. The third-order valence-electron chi connectivity index (χ3n) is 3.07. The molecule has 0 saturated heterocycles. The highest BCUT2D eigenvalue weighted by atomic mass is 35.5. The number of halogens is 2. The van der Waals surface area contributed by atoms with Crippen molar-refractivity contribution in [2.75, 3.05) is 19.5 Å². The molecular formula is C16H16Cl2N2O3. The van der Waals surface area contributed by atoms with Crippen molar-refractivity contribution in [3.8, 4) is 5.75 Å². The van der Waals surface area contributed by atoms with Gasteiger partial charge in [0.1, 0.15) is 12.4 Å². The molecule has 7 heteroatoms. The molecule has 0 heterocycles. The van der Waals surface area contributed by atoms with E-state index in [0.29, 0.717) is 28.1 Å². The number of ether oxygens (including phenoxy) is 1. The highest BCUT2D eigenvalue weighted by Gasteiger charge is 2.08. The summed E-state index contributed by atoms with van der Waals surface area (Å²) in [6, 6.07) is 11.9. The number of urea groups is 1. The van der Waals surface area contributed by atoms with Crippen molar-refractivity contribution in [3.63, 3.8) is 0 Å². The zero-order valence-electron chi connectivity index (χ0n) is 12.7. The van der Waals surface area contributed by atoms with Crippen LogP contribution in [0.25, 0.3) is 0 Å². The van der Waals surface area contributed by atoms with Crippen molar-refractivity contribution in [1.82, 2.24) is 5.06 Å². The minimum Gasteiger partial charge on any atom is -0.489 e. The zero-order valence-corrected chi connectivity index (χ0v) is 14.2. The molecule has 2 aromatic rings. The van der Waals surface area contributed by atoms with Crippen LogP contribution in [0.2, 0.25) is 10.0 Å². The predicted octanol–water partition coefficient (Wildman–Crippen LogP) is 4.60. The first-order valence-electron chi connectivity index (χ1n) is 6.75. The molecule has 2 amide bonds. The van der Waals surface area contributed by atoms with Crippen molar-refractivity contribution < 1.29 is 14.4 Å². The Balaban J connectivity index is 1.93. The Kier molecular flexibility index (Phi) is 6.10. The predicted molar refractivity (Wildman–Crippen MR) is 91.0 cm³/mol. The maximum absolute atomic E-state index is 11.6. The fourth-order valence-corrected chi connectivity index (χ4v) is 2.18. The van der Waals surface area contributed by atoms with E-state index in [1.807, 2.05) is 6.07 Å². The average Bonchev–Trinajstić information content (AvgIpc) is 2.54. The fraction of sp³-hybridized carbons (Fsp3) is 0.188. The lowest BCUT2D eigenvalue weighted by Gasteiger charge is -2.15. The van der Waals surface area contributed by atoms with Crippen LogP contribution in [0.4, 0.5) is 10.5 Å². The molecule has 0 radical (unpaired) electrons. The maximum Gasteiger partial charge on any atom is 0.345 e. The molecule has 0 saturated carbocycles. The minimum atomic E-state index is -0.367. The topological polar surface area (TPSA) is 50.8 Å². The Bertz CT molecular complexity index is 678. The number of nitrogens with zero attached hydrogens (tertiary/aromatic N) is 1. The lowest BCUT2D eigenvalue weighted by Crippen LogP contribution is -2.30. The van der Waals surface area contributed by atoms with Gasteiger partial charge in [0.2, 0.25) is 0 Å². The van der Waals surface area contributed by atoms with E-state index < -0.39 is 0 Å². The van der Waals surface area contributed by atoms with Crippen molar-refractivity contribution in [1.29, 1.82) is 0 Å². The van der Waals surface area contributed by atoms with Gasteiger partial charge in [0.15, 0.2) is 0 Å². The smallest absolute Gasteiger partial charge is 0.345 e. The number of hydrogen-bond donors (Lipinski definition) is 1. The molecule has 122 valence electrons. The van der Waals surface area contributed by atoms with Gasteiger partial charge in [-0.3, -0.25) is 4.84 Å². The van der Waals surface area contributed by atoms with Crippen LogP contribution in [0, 0.1) is 0 Å². The number of benzene rings is 2. The van der Waals surface area contributed by atoms with Crippen molar-refractivity contribution in [2.24, 2.45) is 0 Å². The van der Waals surface area contributed by atoms with E-state index in [0.717, 1.165) is 10.6 Å². The van der Waals surface area contributed by atoms with E-state index in [2.05, 4.69) is 5.32 Å². The number of anilines is 1. The summed E-state index contributed by atoms with van der Waals surface area (Å²) in [5.74, 6) is 0.661. The first kappa shape index (κ1) is 17.4. The van der Waals surface area contributed by atoms with E-state index in [-0.39, 0.29) is 6.03 Å². The monoisotopic (exact) mass is 354 g/mol. The summed E-state index contributed by atoms with van der Waals surface area (Å²) in [5.41, 5.74) is 1.48. The molecule has 23 heavy (non-hydrogen) atoms. The van der Waals surface area contributed by atoms with Gasteiger partial charge in [-0.15, -0.1) is 0 Å². The molecule has 0 aliphatic rings. The average molecular weight is 355 g/mol. The molecule has 0 aromatic heterocycles.